The van der Waals surface area contributed by atoms with Crippen molar-refractivity contribution in [1.29, 1.82) is 0 Å². The number of hydrogen-bond donors (Lipinski definition) is 1. The minimum atomic E-state index is -0.558. The van der Waals surface area contributed by atoms with Gasteiger partial charge in [-0.2, -0.15) is 0 Å². The van der Waals surface area contributed by atoms with Gasteiger partial charge < -0.3 is 15.4 Å². The Hall–Kier alpha value is -3.26. The first-order valence-electron chi connectivity index (χ1n) is 11.0. The SMILES string of the molecule is Cc1cc(C(N)=O)c(Oc2ccc(-c3nnc(C(C)C)s3)cc2)cc1CN1CC(C)CC1=O. The van der Waals surface area contributed by atoms with Gasteiger partial charge in [-0.1, -0.05) is 32.1 Å². The van der Waals surface area contributed by atoms with E-state index in [0.29, 0.717) is 41.9 Å². The second-order valence-electron chi connectivity index (χ2n) is 8.95. The monoisotopic (exact) mass is 464 g/mol. The van der Waals surface area contributed by atoms with Gasteiger partial charge in [-0.25, -0.2) is 0 Å². The van der Waals surface area contributed by atoms with Crippen LogP contribution in [0.5, 0.6) is 11.5 Å². The topological polar surface area (TPSA) is 98.4 Å². The number of primary amides is 1. The molecular formula is C25H28N4O3S. The smallest absolute Gasteiger partial charge is 0.252 e. The number of carbonyl (C=O) groups is 2. The van der Waals surface area contributed by atoms with E-state index in [0.717, 1.165) is 33.3 Å². The number of hydrogen-bond acceptors (Lipinski definition) is 6. The molecule has 7 nitrogen and oxygen atoms in total. The number of aromatic nitrogens is 2. The highest BCUT2D eigenvalue weighted by Crippen LogP contribution is 2.33. The van der Waals surface area contributed by atoms with Crippen LogP contribution in [-0.4, -0.2) is 33.5 Å². The number of nitrogens with zero attached hydrogens (tertiary/aromatic N) is 3. The summed E-state index contributed by atoms with van der Waals surface area (Å²) in [4.78, 5) is 26.2. The molecule has 1 aromatic heterocycles. The molecule has 2 N–H and O–H groups in total. The number of aryl methyl sites for hydroxylation is 1. The van der Waals surface area contributed by atoms with Crippen molar-refractivity contribution in [2.24, 2.45) is 11.7 Å². The summed E-state index contributed by atoms with van der Waals surface area (Å²) >= 11 is 1.57. The van der Waals surface area contributed by atoms with Crippen molar-refractivity contribution >= 4 is 23.2 Å². The molecule has 1 aliphatic heterocycles. The average molecular weight is 465 g/mol. The predicted molar refractivity (Wildman–Crippen MR) is 128 cm³/mol. The van der Waals surface area contributed by atoms with Crippen molar-refractivity contribution in [3.8, 4) is 22.1 Å². The van der Waals surface area contributed by atoms with Crippen LogP contribution >= 0.6 is 11.3 Å². The summed E-state index contributed by atoms with van der Waals surface area (Å²) < 4.78 is 6.08. The van der Waals surface area contributed by atoms with Gasteiger partial charge in [0.15, 0.2) is 0 Å². The third-order valence-corrected chi connectivity index (χ3v) is 7.01. The zero-order valence-electron chi connectivity index (χ0n) is 19.3. The first kappa shape index (κ1) is 22.9. The summed E-state index contributed by atoms with van der Waals surface area (Å²) in [5.41, 5.74) is 8.72. The minimum Gasteiger partial charge on any atom is -0.457 e. The maximum absolute atomic E-state index is 12.3. The van der Waals surface area contributed by atoms with Crippen LogP contribution in [0, 0.1) is 12.8 Å². The van der Waals surface area contributed by atoms with Crippen molar-refractivity contribution < 1.29 is 14.3 Å². The molecule has 2 heterocycles. The van der Waals surface area contributed by atoms with Crippen LogP contribution in [0.2, 0.25) is 0 Å². The highest BCUT2D eigenvalue weighted by molar-refractivity contribution is 7.14. The Morgan fingerprint density at radius 3 is 2.55 bits per heavy atom. The number of amides is 2. The molecule has 1 unspecified atom stereocenters. The van der Waals surface area contributed by atoms with Crippen molar-refractivity contribution in [1.82, 2.24) is 15.1 Å². The standard InChI is InChI=1S/C25H28N4O3S/c1-14(2)24-27-28-25(33-24)17-5-7-19(8-6-17)32-21-11-18(16(4)10-20(21)23(26)31)13-29-12-15(3)9-22(29)30/h5-8,10-11,14-15H,9,12-13H2,1-4H3,(H2,26,31). The number of rotatable bonds is 7. The lowest BCUT2D eigenvalue weighted by Gasteiger charge is -2.19. The molecular weight excluding hydrogens is 436 g/mol. The molecule has 0 saturated carbocycles. The van der Waals surface area contributed by atoms with Crippen LogP contribution in [-0.2, 0) is 11.3 Å². The number of ether oxygens (including phenoxy) is 1. The Balaban J connectivity index is 1.58. The van der Waals surface area contributed by atoms with E-state index >= 15 is 0 Å². The molecule has 0 aliphatic carbocycles. The van der Waals surface area contributed by atoms with Crippen LogP contribution in [0.25, 0.3) is 10.6 Å². The molecule has 8 heteroatoms. The summed E-state index contributed by atoms with van der Waals surface area (Å²) in [6, 6.07) is 11.1. The number of benzene rings is 2. The van der Waals surface area contributed by atoms with Gasteiger partial charge in [-0.3, -0.25) is 9.59 Å². The Morgan fingerprint density at radius 1 is 1.24 bits per heavy atom. The van der Waals surface area contributed by atoms with Gasteiger partial charge >= 0.3 is 0 Å². The molecule has 0 spiro atoms. The van der Waals surface area contributed by atoms with Crippen molar-refractivity contribution in [2.75, 3.05) is 6.54 Å². The fourth-order valence-electron chi connectivity index (χ4n) is 3.88. The van der Waals surface area contributed by atoms with E-state index in [4.69, 9.17) is 10.5 Å². The van der Waals surface area contributed by atoms with Crippen molar-refractivity contribution in [3.05, 3.63) is 58.1 Å². The molecule has 1 aliphatic rings. The van der Waals surface area contributed by atoms with Gasteiger partial charge in [0, 0.05) is 31.0 Å². The first-order chi connectivity index (χ1) is 15.7. The second kappa shape index (κ2) is 9.31. The first-order valence-corrected chi connectivity index (χ1v) is 11.9. The van der Waals surface area contributed by atoms with E-state index in [1.54, 1.807) is 17.4 Å². The lowest BCUT2D eigenvalue weighted by Crippen LogP contribution is -2.25. The van der Waals surface area contributed by atoms with Gasteiger partial charge in [-0.05, 0) is 60.4 Å². The van der Waals surface area contributed by atoms with E-state index in [-0.39, 0.29) is 5.91 Å². The summed E-state index contributed by atoms with van der Waals surface area (Å²) in [5.74, 6) is 1.24. The fraction of sp³-hybridized carbons (Fsp3) is 0.360. The van der Waals surface area contributed by atoms with E-state index in [9.17, 15) is 9.59 Å². The van der Waals surface area contributed by atoms with Crippen molar-refractivity contribution in [2.45, 2.75) is 46.6 Å². The van der Waals surface area contributed by atoms with Crippen LogP contribution in [0.4, 0.5) is 0 Å². The Morgan fingerprint density at radius 2 is 1.97 bits per heavy atom. The lowest BCUT2D eigenvalue weighted by molar-refractivity contribution is -0.128. The Labute approximate surface area is 197 Å². The van der Waals surface area contributed by atoms with E-state index in [1.807, 2.05) is 42.2 Å². The number of nitrogens with two attached hydrogens (primary N) is 1. The third-order valence-electron chi connectivity index (χ3n) is 5.74. The summed E-state index contributed by atoms with van der Waals surface area (Å²) in [7, 11) is 0. The van der Waals surface area contributed by atoms with Gasteiger partial charge in [0.05, 0.1) is 5.56 Å². The molecule has 1 saturated heterocycles. The van der Waals surface area contributed by atoms with E-state index in [2.05, 4.69) is 31.0 Å². The highest BCUT2D eigenvalue weighted by atomic mass is 32.1. The zero-order chi connectivity index (χ0) is 23.7. The summed E-state index contributed by atoms with van der Waals surface area (Å²) in [6.07, 6.45) is 0.571. The normalized spacial score (nSPS) is 16.0. The average Bonchev–Trinajstić information content (AvgIpc) is 3.37. The van der Waals surface area contributed by atoms with Crippen LogP contribution in [0.3, 0.4) is 0 Å². The quantitative estimate of drug-likeness (QED) is 0.536. The van der Waals surface area contributed by atoms with Crippen molar-refractivity contribution in [3.63, 3.8) is 0 Å². The number of likely N-dealkylation sites (tertiary alicyclic amines) is 1. The van der Waals surface area contributed by atoms with E-state index < -0.39 is 5.91 Å². The largest absolute Gasteiger partial charge is 0.457 e. The Kier molecular flexibility index (Phi) is 6.47. The molecule has 0 radical (unpaired) electrons. The molecule has 2 amide bonds. The molecule has 2 aromatic carbocycles. The van der Waals surface area contributed by atoms with E-state index in [1.165, 1.54) is 0 Å². The predicted octanol–water partition coefficient (Wildman–Crippen LogP) is 4.90. The maximum atomic E-state index is 12.3. The molecule has 0 bridgehead atoms. The highest BCUT2D eigenvalue weighted by Gasteiger charge is 2.27. The second-order valence-corrected chi connectivity index (χ2v) is 9.96. The van der Waals surface area contributed by atoms with Crippen LogP contribution < -0.4 is 10.5 Å². The molecule has 1 fully saturated rings. The van der Waals surface area contributed by atoms with Crippen LogP contribution in [0.1, 0.15) is 59.6 Å². The third kappa shape index (κ3) is 5.06. The van der Waals surface area contributed by atoms with Gasteiger partial charge in [0.1, 0.15) is 21.5 Å². The minimum absolute atomic E-state index is 0.149. The maximum Gasteiger partial charge on any atom is 0.252 e. The molecule has 1 atom stereocenters. The molecule has 4 rings (SSSR count). The molecule has 172 valence electrons. The summed E-state index contributed by atoms with van der Waals surface area (Å²) in [6.45, 7) is 9.39. The fourth-order valence-corrected chi connectivity index (χ4v) is 4.73. The van der Waals surface area contributed by atoms with Gasteiger partial charge in [0.2, 0.25) is 5.91 Å². The lowest BCUT2D eigenvalue weighted by atomic mass is 10.0. The molecule has 3 aromatic rings. The zero-order valence-corrected chi connectivity index (χ0v) is 20.1. The van der Waals surface area contributed by atoms with Crippen LogP contribution in [0.15, 0.2) is 36.4 Å². The van der Waals surface area contributed by atoms with Gasteiger partial charge in [-0.15, -0.1) is 10.2 Å². The number of carbonyl (C=O) groups excluding carboxylic acids is 2. The van der Waals surface area contributed by atoms with Gasteiger partial charge in [0.25, 0.3) is 5.91 Å². The molecule has 33 heavy (non-hydrogen) atoms. The Bertz CT molecular complexity index is 1190. The summed E-state index contributed by atoms with van der Waals surface area (Å²) in [5, 5.41) is 10.4.